The number of benzene rings is 1. The molecule has 0 bridgehead atoms. The monoisotopic (exact) mass is 410 g/mol. The fourth-order valence-corrected chi connectivity index (χ4v) is 3.11. The van der Waals surface area contributed by atoms with Crippen molar-refractivity contribution in [2.24, 2.45) is 5.73 Å². The molecule has 0 heterocycles. The van der Waals surface area contributed by atoms with Crippen LogP contribution in [0.3, 0.4) is 0 Å². The third-order valence-electron chi connectivity index (χ3n) is 2.64. The summed E-state index contributed by atoms with van der Waals surface area (Å²) in [5.41, 5.74) is 7.04. The van der Waals surface area contributed by atoms with Crippen LogP contribution in [0.1, 0.15) is 18.4 Å². The Morgan fingerprint density at radius 2 is 2.20 bits per heavy atom. The Morgan fingerprint density at radius 3 is 2.85 bits per heavy atom. The SMILES string of the molecule is N[C@@H](Cc1cccc(NS(=O)CCCCI)c1)C(=O)O. The number of rotatable bonds is 9. The summed E-state index contributed by atoms with van der Waals surface area (Å²) in [7, 11) is -1.10. The lowest BCUT2D eigenvalue weighted by molar-refractivity contribution is -0.138. The molecule has 0 saturated carbocycles. The van der Waals surface area contributed by atoms with Gasteiger partial charge in [0.05, 0.1) is 0 Å². The number of carboxylic acids is 1. The van der Waals surface area contributed by atoms with Gasteiger partial charge in [-0.1, -0.05) is 34.7 Å². The first kappa shape index (κ1) is 17.4. The van der Waals surface area contributed by atoms with Crippen molar-refractivity contribution in [1.29, 1.82) is 0 Å². The highest BCUT2D eigenvalue weighted by Gasteiger charge is 2.12. The van der Waals surface area contributed by atoms with Crippen LogP contribution in [0.5, 0.6) is 0 Å². The van der Waals surface area contributed by atoms with Crippen molar-refractivity contribution >= 4 is 45.2 Å². The molecule has 0 aliphatic rings. The van der Waals surface area contributed by atoms with Gasteiger partial charge in [-0.2, -0.15) is 0 Å². The molecule has 0 aromatic heterocycles. The Kier molecular flexibility index (Phi) is 8.08. The molecule has 1 unspecified atom stereocenters. The van der Waals surface area contributed by atoms with Gasteiger partial charge in [-0.25, -0.2) is 4.21 Å². The molecule has 1 aromatic rings. The minimum Gasteiger partial charge on any atom is -0.480 e. The molecule has 0 radical (unpaired) electrons. The second kappa shape index (κ2) is 9.30. The number of carboxylic acid groups (broad SMARTS) is 1. The van der Waals surface area contributed by atoms with Crippen molar-refractivity contribution in [3.63, 3.8) is 0 Å². The molecule has 4 N–H and O–H groups in total. The van der Waals surface area contributed by atoms with Crippen LogP contribution in [0.25, 0.3) is 0 Å². The summed E-state index contributed by atoms with van der Waals surface area (Å²) < 4.78 is 15.8. The van der Waals surface area contributed by atoms with Gasteiger partial charge in [0.1, 0.15) is 17.0 Å². The van der Waals surface area contributed by atoms with Crippen molar-refractivity contribution in [2.45, 2.75) is 25.3 Å². The predicted molar refractivity (Wildman–Crippen MR) is 90.5 cm³/mol. The van der Waals surface area contributed by atoms with E-state index in [-0.39, 0.29) is 6.42 Å². The Morgan fingerprint density at radius 1 is 1.45 bits per heavy atom. The summed E-state index contributed by atoms with van der Waals surface area (Å²) in [6, 6.07) is 6.30. The van der Waals surface area contributed by atoms with Gasteiger partial charge in [0, 0.05) is 11.4 Å². The number of carbonyl (C=O) groups is 1. The minimum atomic E-state index is -1.10. The zero-order valence-corrected chi connectivity index (χ0v) is 14.0. The lowest BCUT2D eigenvalue weighted by Crippen LogP contribution is -2.32. The first-order valence-corrected chi connectivity index (χ1v) is 9.15. The lowest BCUT2D eigenvalue weighted by atomic mass is 10.1. The van der Waals surface area contributed by atoms with Gasteiger partial charge in [0.25, 0.3) is 0 Å². The Hall–Kier alpha value is -0.670. The maximum Gasteiger partial charge on any atom is 0.320 e. The first-order valence-electron chi connectivity index (χ1n) is 6.31. The third-order valence-corrected chi connectivity index (χ3v) is 4.53. The number of anilines is 1. The predicted octanol–water partition coefficient (Wildman–Crippen LogP) is 1.93. The molecule has 0 saturated heterocycles. The highest BCUT2D eigenvalue weighted by Crippen LogP contribution is 2.13. The van der Waals surface area contributed by atoms with Gasteiger partial charge in [0.15, 0.2) is 0 Å². The normalized spacial score (nSPS) is 13.7. The van der Waals surface area contributed by atoms with Gasteiger partial charge in [-0.3, -0.25) is 4.79 Å². The highest BCUT2D eigenvalue weighted by atomic mass is 127. The van der Waals surface area contributed by atoms with Crippen LogP contribution in [-0.2, 0) is 22.2 Å². The van der Waals surface area contributed by atoms with Crippen LogP contribution in [-0.4, -0.2) is 31.5 Å². The minimum absolute atomic E-state index is 0.256. The molecular formula is C13H19IN2O3S. The van der Waals surface area contributed by atoms with Crippen molar-refractivity contribution in [1.82, 2.24) is 0 Å². The van der Waals surface area contributed by atoms with E-state index in [4.69, 9.17) is 10.8 Å². The van der Waals surface area contributed by atoms with Crippen molar-refractivity contribution in [3.8, 4) is 0 Å². The van der Waals surface area contributed by atoms with E-state index in [1.54, 1.807) is 12.1 Å². The van der Waals surface area contributed by atoms with Crippen LogP contribution in [0.15, 0.2) is 24.3 Å². The summed E-state index contributed by atoms with van der Waals surface area (Å²) in [6.45, 7) is 0. The number of unbranched alkanes of at least 4 members (excludes halogenated alkanes) is 1. The van der Waals surface area contributed by atoms with Gasteiger partial charge >= 0.3 is 5.97 Å². The van der Waals surface area contributed by atoms with Gasteiger partial charge < -0.3 is 15.6 Å². The maximum absolute atomic E-state index is 11.8. The second-order valence-electron chi connectivity index (χ2n) is 4.40. The topological polar surface area (TPSA) is 92.4 Å². The Bertz CT molecular complexity index is 471. The molecule has 112 valence electrons. The van der Waals surface area contributed by atoms with Crippen LogP contribution < -0.4 is 10.5 Å². The van der Waals surface area contributed by atoms with E-state index >= 15 is 0 Å². The first-order chi connectivity index (χ1) is 9.52. The molecule has 2 atom stereocenters. The van der Waals surface area contributed by atoms with Crippen molar-refractivity contribution in [2.75, 3.05) is 14.9 Å². The molecule has 0 amide bonds. The van der Waals surface area contributed by atoms with E-state index in [0.717, 1.165) is 28.5 Å². The number of hydrogen-bond acceptors (Lipinski definition) is 3. The molecule has 7 heteroatoms. The maximum atomic E-state index is 11.8. The van der Waals surface area contributed by atoms with E-state index < -0.39 is 23.0 Å². The average Bonchev–Trinajstić information content (AvgIpc) is 2.39. The van der Waals surface area contributed by atoms with Gasteiger partial charge in [-0.15, -0.1) is 0 Å². The summed E-state index contributed by atoms with van der Waals surface area (Å²) in [4.78, 5) is 10.7. The van der Waals surface area contributed by atoms with E-state index in [1.807, 2.05) is 12.1 Å². The third kappa shape index (κ3) is 6.67. The molecule has 0 spiro atoms. The van der Waals surface area contributed by atoms with Crippen molar-refractivity contribution < 1.29 is 14.1 Å². The van der Waals surface area contributed by atoms with Crippen molar-refractivity contribution in [3.05, 3.63) is 29.8 Å². The number of hydrogen-bond donors (Lipinski definition) is 3. The van der Waals surface area contributed by atoms with Gasteiger partial charge in [0.2, 0.25) is 0 Å². The lowest BCUT2D eigenvalue weighted by Gasteiger charge is -2.10. The number of halogens is 1. The number of nitrogens with two attached hydrogens (primary N) is 1. The summed E-state index contributed by atoms with van der Waals surface area (Å²) in [6.07, 6.45) is 2.24. The summed E-state index contributed by atoms with van der Waals surface area (Å²) >= 11 is 2.30. The molecule has 0 aliphatic carbocycles. The van der Waals surface area contributed by atoms with Crippen LogP contribution in [0, 0.1) is 0 Å². The van der Waals surface area contributed by atoms with Crippen LogP contribution >= 0.6 is 22.6 Å². The molecule has 5 nitrogen and oxygen atoms in total. The second-order valence-corrected chi connectivity index (χ2v) is 6.78. The number of nitrogens with one attached hydrogen (secondary N) is 1. The van der Waals surface area contributed by atoms with Crippen LogP contribution in [0.2, 0.25) is 0 Å². The summed E-state index contributed by atoms with van der Waals surface area (Å²) in [5.74, 6) is -0.410. The standard InChI is InChI=1S/C13H19IN2O3S/c14-6-1-2-7-20(19)16-11-5-3-4-10(8-11)9-12(15)13(17)18/h3-5,8,12,16H,1-2,6-7,9,15H2,(H,17,18)/t12-,20?/m0/s1. The Balaban J connectivity index is 2.55. The zero-order valence-electron chi connectivity index (χ0n) is 11.0. The fraction of sp³-hybridized carbons (Fsp3) is 0.462. The quantitative estimate of drug-likeness (QED) is 0.330. The molecule has 1 aromatic carbocycles. The molecule has 0 aliphatic heterocycles. The Labute approximate surface area is 135 Å². The van der Waals surface area contributed by atoms with E-state index in [2.05, 4.69) is 27.3 Å². The molecule has 0 fully saturated rings. The molecule has 1 rings (SSSR count). The van der Waals surface area contributed by atoms with Gasteiger partial charge in [-0.05, 0) is 41.4 Å². The molecule has 20 heavy (non-hydrogen) atoms. The zero-order chi connectivity index (χ0) is 15.0. The number of aliphatic carboxylic acids is 1. The van der Waals surface area contributed by atoms with Crippen LogP contribution in [0.4, 0.5) is 5.69 Å². The summed E-state index contributed by atoms with van der Waals surface area (Å²) in [5, 5.41) is 8.79. The number of alkyl halides is 1. The van der Waals surface area contributed by atoms with E-state index in [1.165, 1.54) is 0 Å². The fourth-order valence-electron chi connectivity index (χ4n) is 1.61. The molecular weight excluding hydrogens is 391 g/mol. The highest BCUT2D eigenvalue weighted by molar-refractivity contribution is 14.1. The average molecular weight is 410 g/mol. The largest absolute Gasteiger partial charge is 0.480 e. The van der Waals surface area contributed by atoms with E-state index in [0.29, 0.717) is 5.75 Å². The smallest absolute Gasteiger partial charge is 0.320 e. The van der Waals surface area contributed by atoms with E-state index in [9.17, 15) is 9.00 Å².